The Hall–Kier alpha value is -2.65. The van der Waals surface area contributed by atoms with Crippen LogP contribution in [0.4, 0.5) is 18.9 Å². The van der Waals surface area contributed by atoms with Gasteiger partial charge in [-0.3, -0.25) is 4.79 Å². The van der Waals surface area contributed by atoms with Crippen LogP contribution in [-0.4, -0.2) is 34.8 Å². The highest BCUT2D eigenvalue weighted by Gasteiger charge is 2.36. The molecule has 0 saturated carbocycles. The number of nitrogens with zero attached hydrogens (tertiary/aromatic N) is 2. The third kappa shape index (κ3) is 5.09. The molecule has 1 aromatic carbocycles. The molecule has 1 N–H and O–H groups in total. The minimum Gasteiger partial charge on any atom is -0.495 e. The van der Waals surface area contributed by atoms with E-state index in [-0.39, 0.29) is 10.9 Å². The van der Waals surface area contributed by atoms with E-state index >= 15 is 0 Å². The van der Waals surface area contributed by atoms with Crippen LogP contribution in [0.2, 0.25) is 5.02 Å². The number of carbonyl (C=O) groups is 1. The van der Waals surface area contributed by atoms with E-state index in [1.165, 1.54) is 13.2 Å². The second-order valence-corrected chi connectivity index (χ2v) is 7.12. The molecule has 1 atom stereocenters. The van der Waals surface area contributed by atoms with Gasteiger partial charge in [0.15, 0.2) is 12.3 Å². The van der Waals surface area contributed by atoms with Crippen LogP contribution in [0.3, 0.4) is 0 Å². The first kappa shape index (κ1) is 22.0. The van der Waals surface area contributed by atoms with Crippen LogP contribution in [-0.2, 0) is 11.0 Å². The highest BCUT2D eigenvalue weighted by atomic mass is 35.5. The average molecular weight is 462 g/mol. The first-order valence-electron chi connectivity index (χ1n) is 8.63. The standard InChI is InChI=1S/C19H16Cl2F3N3O3/c1-29-15-7-6-11(8-13(15)21)25-17(28)10-30-18-9-16(19(22,23)24)26-27(18)14-5-3-2-4-12(14)20/h2-3,5-9,12H,4,10H2,1H3,(H,25,28). The summed E-state index contributed by atoms with van der Waals surface area (Å²) in [5, 5.41) is 5.80. The zero-order valence-corrected chi connectivity index (χ0v) is 17.1. The van der Waals surface area contributed by atoms with E-state index in [1.807, 2.05) is 0 Å². The zero-order valence-electron chi connectivity index (χ0n) is 15.5. The van der Waals surface area contributed by atoms with Crippen molar-refractivity contribution in [2.75, 3.05) is 19.0 Å². The summed E-state index contributed by atoms with van der Waals surface area (Å²) in [7, 11) is 1.45. The molecule has 2 aromatic rings. The van der Waals surface area contributed by atoms with E-state index in [4.69, 9.17) is 32.7 Å². The Morgan fingerprint density at radius 3 is 2.77 bits per heavy atom. The van der Waals surface area contributed by atoms with Crippen molar-refractivity contribution in [2.45, 2.75) is 18.0 Å². The van der Waals surface area contributed by atoms with Gasteiger partial charge < -0.3 is 14.8 Å². The zero-order chi connectivity index (χ0) is 21.9. The van der Waals surface area contributed by atoms with Gasteiger partial charge in [0.1, 0.15) is 5.75 Å². The Balaban J connectivity index is 1.76. The highest BCUT2D eigenvalue weighted by Crippen LogP contribution is 2.34. The molecule has 30 heavy (non-hydrogen) atoms. The number of alkyl halides is 4. The predicted molar refractivity (Wildman–Crippen MR) is 107 cm³/mol. The smallest absolute Gasteiger partial charge is 0.435 e. The number of benzene rings is 1. The number of aromatic nitrogens is 2. The van der Waals surface area contributed by atoms with Crippen molar-refractivity contribution >= 4 is 40.5 Å². The predicted octanol–water partition coefficient (Wildman–Crippen LogP) is 4.99. The van der Waals surface area contributed by atoms with Gasteiger partial charge >= 0.3 is 6.18 Å². The van der Waals surface area contributed by atoms with Gasteiger partial charge in [0, 0.05) is 11.8 Å². The molecule has 1 aliphatic rings. The van der Waals surface area contributed by atoms with Crippen molar-refractivity contribution in [2.24, 2.45) is 0 Å². The highest BCUT2D eigenvalue weighted by molar-refractivity contribution is 6.32. The Kier molecular flexibility index (Phi) is 6.62. The molecule has 1 heterocycles. The lowest BCUT2D eigenvalue weighted by molar-refractivity contribution is -0.141. The minimum atomic E-state index is -4.68. The van der Waals surface area contributed by atoms with Crippen molar-refractivity contribution in [3.63, 3.8) is 0 Å². The van der Waals surface area contributed by atoms with Crippen molar-refractivity contribution in [1.82, 2.24) is 9.78 Å². The summed E-state index contributed by atoms with van der Waals surface area (Å²) < 4.78 is 50.7. The Bertz CT molecular complexity index is 1000. The number of hydrogen-bond acceptors (Lipinski definition) is 4. The monoisotopic (exact) mass is 461 g/mol. The molecule has 0 bridgehead atoms. The van der Waals surface area contributed by atoms with E-state index in [1.54, 1.807) is 30.4 Å². The summed E-state index contributed by atoms with van der Waals surface area (Å²) in [5.41, 5.74) is -0.467. The molecule has 0 saturated heterocycles. The van der Waals surface area contributed by atoms with Gasteiger partial charge in [0.2, 0.25) is 5.88 Å². The van der Waals surface area contributed by atoms with E-state index in [9.17, 15) is 18.0 Å². The number of carbonyl (C=O) groups excluding carboxylic acids is 1. The van der Waals surface area contributed by atoms with E-state index in [0.717, 1.165) is 10.7 Å². The molecule has 1 amide bonds. The quantitative estimate of drug-likeness (QED) is 0.615. The maximum Gasteiger partial charge on any atom is 0.435 e. The first-order chi connectivity index (χ1) is 14.2. The molecule has 0 aliphatic heterocycles. The maximum atomic E-state index is 13.1. The van der Waals surface area contributed by atoms with E-state index in [2.05, 4.69) is 10.4 Å². The van der Waals surface area contributed by atoms with E-state index < -0.39 is 29.8 Å². The topological polar surface area (TPSA) is 65.4 Å². The van der Waals surface area contributed by atoms with Crippen LogP contribution in [0.15, 0.2) is 42.5 Å². The van der Waals surface area contributed by atoms with Crippen LogP contribution in [0.5, 0.6) is 11.6 Å². The second kappa shape index (κ2) is 9.01. The van der Waals surface area contributed by atoms with Gasteiger partial charge in [-0.1, -0.05) is 23.8 Å². The lowest BCUT2D eigenvalue weighted by Crippen LogP contribution is -2.22. The van der Waals surface area contributed by atoms with Gasteiger partial charge in [-0.15, -0.1) is 11.6 Å². The lowest BCUT2D eigenvalue weighted by atomic mass is 10.1. The summed E-state index contributed by atoms with van der Waals surface area (Å²) in [6, 6.07) is 5.32. The van der Waals surface area contributed by atoms with Gasteiger partial charge in [-0.25, -0.2) is 4.68 Å². The summed E-state index contributed by atoms with van der Waals surface area (Å²) >= 11 is 12.2. The number of hydrogen-bond donors (Lipinski definition) is 1. The second-order valence-electron chi connectivity index (χ2n) is 6.19. The number of anilines is 1. The largest absolute Gasteiger partial charge is 0.495 e. The number of amides is 1. The molecular formula is C19H16Cl2F3N3O3. The number of ether oxygens (including phenoxy) is 2. The maximum absolute atomic E-state index is 13.1. The Morgan fingerprint density at radius 2 is 2.13 bits per heavy atom. The summed E-state index contributed by atoms with van der Waals surface area (Å²) in [4.78, 5) is 12.2. The molecule has 0 radical (unpaired) electrons. The fourth-order valence-corrected chi connectivity index (χ4v) is 3.19. The van der Waals surface area contributed by atoms with Gasteiger partial charge in [-0.2, -0.15) is 18.3 Å². The molecular weight excluding hydrogens is 446 g/mol. The van der Waals surface area contributed by atoms with Crippen LogP contribution < -0.4 is 14.8 Å². The normalized spacial score (nSPS) is 16.2. The molecule has 160 valence electrons. The fraction of sp³-hybridized carbons (Fsp3) is 0.263. The molecule has 6 nitrogen and oxygen atoms in total. The molecule has 0 fully saturated rings. The average Bonchev–Trinajstić information content (AvgIpc) is 3.11. The molecule has 3 rings (SSSR count). The molecule has 1 aliphatic carbocycles. The van der Waals surface area contributed by atoms with Crippen LogP contribution in [0.1, 0.15) is 12.1 Å². The third-order valence-electron chi connectivity index (χ3n) is 4.07. The number of nitrogens with one attached hydrogen (secondary N) is 1. The fourth-order valence-electron chi connectivity index (χ4n) is 2.66. The number of allylic oxidation sites excluding steroid dienone is 4. The number of methoxy groups -OCH3 is 1. The SMILES string of the molecule is COc1ccc(NC(=O)COc2cc(C(F)(F)F)nn2C2=CC=CCC2Cl)cc1Cl. The summed E-state index contributed by atoms with van der Waals surface area (Å²) in [6.45, 7) is -0.553. The van der Waals surface area contributed by atoms with Gasteiger partial charge in [-0.05, 0) is 30.7 Å². The number of halogens is 5. The Labute approximate surface area is 179 Å². The van der Waals surface area contributed by atoms with Crippen LogP contribution >= 0.6 is 23.2 Å². The van der Waals surface area contributed by atoms with Crippen molar-refractivity contribution < 1.29 is 27.4 Å². The Morgan fingerprint density at radius 1 is 1.37 bits per heavy atom. The van der Waals surface area contributed by atoms with E-state index in [0.29, 0.717) is 23.6 Å². The van der Waals surface area contributed by atoms with Gasteiger partial charge in [0.05, 0.1) is 23.2 Å². The van der Waals surface area contributed by atoms with Crippen molar-refractivity contribution in [1.29, 1.82) is 0 Å². The van der Waals surface area contributed by atoms with Crippen LogP contribution in [0.25, 0.3) is 5.70 Å². The molecule has 1 unspecified atom stereocenters. The van der Waals surface area contributed by atoms with Gasteiger partial charge in [0.25, 0.3) is 5.91 Å². The van der Waals surface area contributed by atoms with Crippen LogP contribution in [0, 0.1) is 0 Å². The first-order valence-corrected chi connectivity index (χ1v) is 9.45. The minimum absolute atomic E-state index is 0.252. The molecule has 0 spiro atoms. The molecule has 1 aromatic heterocycles. The summed E-state index contributed by atoms with van der Waals surface area (Å²) in [5.74, 6) is -0.421. The summed E-state index contributed by atoms with van der Waals surface area (Å²) in [6.07, 6.45) is 0.724. The van der Waals surface area contributed by atoms with Crippen molar-refractivity contribution in [3.8, 4) is 11.6 Å². The molecule has 11 heteroatoms. The lowest BCUT2D eigenvalue weighted by Gasteiger charge is -2.17. The van der Waals surface area contributed by atoms with Crippen molar-refractivity contribution in [3.05, 3.63) is 53.2 Å². The number of rotatable bonds is 6. The third-order valence-corrected chi connectivity index (χ3v) is 4.76.